The smallest absolute Gasteiger partial charge is 0.166 e. The highest BCUT2D eigenvalue weighted by molar-refractivity contribution is 8.02. The molecular formula is C21H31F3S. The summed E-state index contributed by atoms with van der Waals surface area (Å²) in [5.74, 6) is 1.08. The highest BCUT2D eigenvalue weighted by Crippen LogP contribution is 2.29. The third-order valence-corrected chi connectivity index (χ3v) is 5.06. The van der Waals surface area contributed by atoms with Crippen molar-refractivity contribution in [2.45, 2.75) is 77.3 Å². The van der Waals surface area contributed by atoms with Crippen LogP contribution in [0.3, 0.4) is 0 Å². The fourth-order valence-electron chi connectivity index (χ4n) is 2.65. The lowest BCUT2D eigenvalue weighted by Gasteiger charge is -2.05. The zero-order chi connectivity index (χ0) is 18.4. The van der Waals surface area contributed by atoms with Gasteiger partial charge in [-0.05, 0) is 41.4 Å². The summed E-state index contributed by atoms with van der Waals surface area (Å²) in [5.41, 5.74) is 0.214. The van der Waals surface area contributed by atoms with Gasteiger partial charge in [-0.2, -0.15) is 13.2 Å². The van der Waals surface area contributed by atoms with Gasteiger partial charge in [0.25, 0.3) is 0 Å². The van der Waals surface area contributed by atoms with Crippen molar-refractivity contribution in [2.75, 3.05) is 5.75 Å². The summed E-state index contributed by atoms with van der Waals surface area (Å²) in [7, 11) is 0. The van der Waals surface area contributed by atoms with Crippen LogP contribution in [-0.2, 0) is 6.18 Å². The number of halogens is 3. The van der Waals surface area contributed by atoms with Crippen molar-refractivity contribution >= 4 is 17.8 Å². The van der Waals surface area contributed by atoms with Gasteiger partial charge < -0.3 is 0 Å². The quantitative estimate of drug-likeness (QED) is 0.314. The molecule has 0 bridgehead atoms. The third-order valence-electron chi connectivity index (χ3n) is 4.21. The molecule has 0 aliphatic rings. The van der Waals surface area contributed by atoms with Crippen molar-refractivity contribution in [2.24, 2.45) is 0 Å². The summed E-state index contributed by atoms with van der Waals surface area (Å²) in [6.07, 6.45) is 11.0. The molecule has 0 saturated carbocycles. The van der Waals surface area contributed by atoms with Crippen molar-refractivity contribution in [3.05, 3.63) is 40.8 Å². The third kappa shape index (κ3) is 11.4. The van der Waals surface area contributed by atoms with Gasteiger partial charge in [0.05, 0.1) is 5.56 Å². The van der Waals surface area contributed by atoms with E-state index in [1.54, 1.807) is 11.8 Å². The molecule has 0 aromatic heterocycles. The zero-order valence-corrected chi connectivity index (χ0v) is 16.1. The minimum Gasteiger partial charge on any atom is -0.166 e. The second-order valence-corrected chi connectivity index (χ2v) is 7.49. The molecule has 0 heterocycles. The lowest BCUT2D eigenvalue weighted by atomic mass is 10.1. The summed E-state index contributed by atoms with van der Waals surface area (Å²) in [4.78, 5) is 0. The molecule has 0 spiro atoms. The molecule has 0 N–H and O–H groups in total. The first kappa shape index (κ1) is 22.1. The number of thioether (sulfide) groups is 1. The molecule has 0 atom stereocenters. The molecule has 1 rings (SSSR count). The Morgan fingerprint density at radius 2 is 1.32 bits per heavy atom. The average Bonchev–Trinajstić information content (AvgIpc) is 2.58. The Morgan fingerprint density at radius 3 is 1.84 bits per heavy atom. The van der Waals surface area contributed by atoms with Crippen LogP contribution in [0.15, 0.2) is 29.7 Å². The second kappa shape index (κ2) is 13.3. The highest BCUT2D eigenvalue weighted by Gasteiger charge is 2.29. The van der Waals surface area contributed by atoms with Gasteiger partial charge in [0, 0.05) is 0 Å². The molecule has 142 valence electrons. The molecule has 25 heavy (non-hydrogen) atoms. The zero-order valence-electron chi connectivity index (χ0n) is 15.3. The van der Waals surface area contributed by atoms with Crippen LogP contribution < -0.4 is 0 Å². The Kier molecular flexibility index (Phi) is 11.8. The molecule has 0 aliphatic heterocycles. The van der Waals surface area contributed by atoms with Crippen LogP contribution in [0, 0.1) is 0 Å². The second-order valence-electron chi connectivity index (χ2n) is 6.48. The first-order chi connectivity index (χ1) is 12.0. The molecule has 1 aromatic rings. The number of unbranched alkanes of at least 4 members (excludes halogenated alkanes) is 9. The van der Waals surface area contributed by atoms with E-state index < -0.39 is 11.7 Å². The predicted molar refractivity (Wildman–Crippen MR) is 105 cm³/mol. The molecule has 1 aromatic carbocycles. The highest BCUT2D eigenvalue weighted by atomic mass is 32.2. The molecule has 0 amide bonds. The normalized spacial score (nSPS) is 12.2. The van der Waals surface area contributed by atoms with E-state index in [1.165, 1.54) is 76.3 Å². The maximum atomic E-state index is 12.5. The predicted octanol–water partition coefficient (Wildman–Crippen LogP) is 8.33. The molecule has 0 nitrogen and oxygen atoms in total. The van der Waals surface area contributed by atoms with Gasteiger partial charge >= 0.3 is 6.18 Å². The molecule has 0 saturated heterocycles. The van der Waals surface area contributed by atoms with E-state index in [0.717, 1.165) is 23.4 Å². The van der Waals surface area contributed by atoms with Crippen LogP contribution >= 0.6 is 11.8 Å². The van der Waals surface area contributed by atoms with Crippen LogP contribution in [0.5, 0.6) is 0 Å². The van der Waals surface area contributed by atoms with E-state index in [9.17, 15) is 13.2 Å². The summed E-state index contributed by atoms with van der Waals surface area (Å²) in [6, 6.07) is 5.29. The molecular weight excluding hydrogens is 341 g/mol. The van der Waals surface area contributed by atoms with Gasteiger partial charge in [-0.15, -0.1) is 11.8 Å². The summed E-state index contributed by atoms with van der Waals surface area (Å²) in [6.45, 7) is 2.25. The minimum absolute atomic E-state index is 0.595. The Balaban J connectivity index is 2.00. The van der Waals surface area contributed by atoms with Crippen LogP contribution in [0.1, 0.15) is 82.3 Å². The number of rotatable bonds is 13. The monoisotopic (exact) mass is 372 g/mol. The fourth-order valence-corrected chi connectivity index (χ4v) is 3.41. The van der Waals surface area contributed by atoms with Gasteiger partial charge in [-0.1, -0.05) is 76.8 Å². The molecule has 0 aliphatic carbocycles. The Labute approximate surface area is 155 Å². The Morgan fingerprint density at radius 1 is 0.800 bits per heavy atom. The topological polar surface area (TPSA) is 0 Å². The van der Waals surface area contributed by atoms with Crippen molar-refractivity contribution in [3.8, 4) is 0 Å². The van der Waals surface area contributed by atoms with Crippen molar-refractivity contribution in [3.63, 3.8) is 0 Å². The van der Waals surface area contributed by atoms with E-state index in [4.69, 9.17) is 0 Å². The van der Waals surface area contributed by atoms with E-state index in [2.05, 4.69) is 6.92 Å². The van der Waals surface area contributed by atoms with E-state index in [0.29, 0.717) is 0 Å². The van der Waals surface area contributed by atoms with Gasteiger partial charge in [0.15, 0.2) is 0 Å². The van der Waals surface area contributed by atoms with Gasteiger partial charge in [-0.25, -0.2) is 0 Å². The molecule has 0 radical (unpaired) electrons. The van der Waals surface area contributed by atoms with E-state index >= 15 is 0 Å². The van der Waals surface area contributed by atoms with Gasteiger partial charge in [0.2, 0.25) is 0 Å². The number of hydrogen-bond acceptors (Lipinski definition) is 1. The summed E-state index contributed by atoms with van der Waals surface area (Å²) in [5, 5.41) is 1.98. The number of alkyl halides is 3. The Bertz CT molecular complexity index is 463. The maximum Gasteiger partial charge on any atom is 0.416 e. The molecule has 0 unspecified atom stereocenters. The number of benzene rings is 1. The largest absolute Gasteiger partial charge is 0.416 e. The van der Waals surface area contributed by atoms with Gasteiger partial charge in [-0.3, -0.25) is 0 Å². The Hall–Kier alpha value is -0.900. The van der Waals surface area contributed by atoms with E-state index in [1.807, 2.05) is 11.5 Å². The summed E-state index contributed by atoms with van der Waals surface area (Å²) < 4.78 is 37.4. The lowest BCUT2D eigenvalue weighted by molar-refractivity contribution is -0.137. The van der Waals surface area contributed by atoms with Crippen LogP contribution in [0.2, 0.25) is 0 Å². The van der Waals surface area contributed by atoms with Crippen molar-refractivity contribution < 1.29 is 13.2 Å². The molecule has 4 heteroatoms. The van der Waals surface area contributed by atoms with Crippen LogP contribution in [-0.4, -0.2) is 5.75 Å². The number of hydrogen-bond donors (Lipinski definition) is 0. The van der Waals surface area contributed by atoms with E-state index in [-0.39, 0.29) is 0 Å². The summed E-state index contributed by atoms with van der Waals surface area (Å²) >= 11 is 1.73. The molecule has 0 fully saturated rings. The maximum absolute atomic E-state index is 12.5. The van der Waals surface area contributed by atoms with Crippen LogP contribution in [0.4, 0.5) is 13.2 Å². The fraction of sp³-hybridized carbons (Fsp3) is 0.619. The van der Waals surface area contributed by atoms with Crippen molar-refractivity contribution in [1.82, 2.24) is 0 Å². The van der Waals surface area contributed by atoms with Gasteiger partial charge in [0.1, 0.15) is 0 Å². The van der Waals surface area contributed by atoms with Crippen molar-refractivity contribution in [1.29, 1.82) is 0 Å². The lowest BCUT2D eigenvalue weighted by Crippen LogP contribution is -2.03. The first-order valence-electron chi connectivity index (χ1n) is 9.49. The van der Waals surface area contributed by atoms with Crippen LogP contribution in [0.25, 0.3) is 6.08 Å². The minimum atomic E-state index is -4.26. The SMILES string of the molecule is CCCCCCCCCCCCS/C=C/c1ccc(C(F)(F)F)cc1. The standard InChI is InChI=1S/C21H31F3S/c1-2-3-4-5-6-7-8-9-10-11-17-25-18-16-19-12-14-20(15-13-19)21(22,23)24/h12-16,18H,2-11,17H2,1H3/b18-16+. The average molecular weight is 373 g/mol. The first-order valence-corrected chi connectivity index (χ1v) is 10.5.